The Kier molecular flexibility index (Phi) is 6.44. The van der Waals surface area contributed by atoms with Gasteiger partial charge in [-0.3, -0.25) is 4.79 Å². The average Bonchev–Trinajstić information content (AvgIpc) is 2.54. The number of nitrogens with zero attached hydrogens (tertiary/aromatic N) is 1. The molecule has 1 saturated carbocycles. The van der Waals surface area contributed by atoms with E-state index < -0.39 is 6.10 Å². The van der Waals surface area contributed by atoms with Gasteiger partial charge in [-0.1, -0.05) is 36.7 Å². The van der Waals surface area contributed by atoms with Crippen LogP contribution in [0.5, 0.6) is 5.75 Å². The average molecular weight is 395 g/mol. The third kappa shape index (κ3) is 5.62. The van der Waals surface area contributed by atoms with Crippen molar-refractivity contribution in [3.05, 3.63) is 28.7 Å². The van der Waals surface area contributed by atoms with Crippen LogP contribution in [0.25, 0.3) is 0 Å². The lowest BCUT2D eigenvalue weighted by Crippen LogP contribution is -2.34. The van der Waals surface area contributed by atoms with E-state index in [0.29, 0.717) is 11.2 Å². The fourth-order valence-corrected chi connectivity index (χ4v) is 3.19. The molecule has 1 atom stereocenters. The summed E-state index contributed by atoms with van der Waals surface area (Å²) in [5.74, 6) is 1.18. The predicted octanol–water partition coefficient (Wildman–Crippen LogP) is 4.92. The number of amides is 1. The molecule has 1 fully saturated rings. The highest BCUT2D eigenvalue weighted by atomic mass is 79.9. The van der Waals surface area contributed by atoms with Gasteiger partial charge in [-0.05, 0) is 68.2 Å². The largest absolute Gasteiger partial charge is 0.481 e. The number of hydrazone groups is 1. The van der Waals surface area contributed by atoms with Gasteiger partial charge in [-0.25, -0.2) is 5.43 Å². The Morgan fingerprint density at radius 3 is 2.38 bits per heavy atom. The van der Waals surface area contributed by atoms with Crippen LogP contribution in [0.15, 0.2) is 33.8 Å². The molecule has 1 unspecified atom stereocenters. The first-order valence-electron chi connectivity index (χ1n) is 8.53. The van der Waals surface area contributed by atoms with Crippen LogP contribution in [0.3, 0.4) is 0 Å². The Morgan fingerprint density at radius 2 is 1.83 bits per heavy atom. The maximum Gasteiger partial charge on any atom is 0.280 e. The van der Waals surface area contributed by atoms with Gasteiger partial charge in [0.25, 0.3) is 5.91 Å². The molecule has 1 amide bonds. The van der Waals surface area contributed by atoms with E-state index in [-0.39, 0.29) is 5.91 Å². The SMILES string of the molecule is CC(Oc1ccc(Br)cc1)C(=O)NN=C1CCC(C(C)(C)C)CC1. The Morgan fingerprint density at radius 1 is 1.25 bits per heavy atom. The molecule has 132 valence electrons. The van der Waals surface area contributed by atoms with E-state index in [1.807, 2.05) is 24.3 Å². The van der Waals surface area contributed by atoms with Crippen LogP contribution >= 0.6 is 15.9 Å². The Bertz CT molecular complexity index is 580. The molecule has 1 aromatic carbocycles. The first-order chi connectivity index (χ1) is 11.3. The van der Waals surface area contributed by atoms with Gasteiger partial charge in [0, 0.05) is 10.2 Å². The molecule has 0 radical (unpaired) electrons. The second kappa shape index (κ2) is 8.15. The standard InChI is InChI=1S/C19H27BrN2O2/c1-13(24-17-11-7-15(20)8-12-17)18(23)22-21-16-9-5-14(6-10-16)19(2,3)4/h7-8,11-14H,5-6,9-10H2,1-4H3,(H,22,23). The topological polar surface area (TPSA) is 50.7 Å². The molecule has 4 nitrogen and oxygen atoms in total. The van der Waals surface area contributed by atoms with Crippen LogP contribution in [-0.2, 0) is 4.79 Å². The maximum absolute atomic E-state index is 12.1. The van der Waals surface area contributed by atoms with E-state index in [9.17, 15) is 4.79 Å². The summed E-state index contributed by atoms with van der Waals surface area (Å²) in [6, 6.07) is 7.42. The van der Waals surface area contributed by atoms with Crippen LogP contribution in [0.1, 0.15) is 53.4 Å². The van der Waals surface area contributed by atoms with Crippen molar-refractivity contribution in [3.63, 3.8) is 0 Å². The number of carbonyl (C=O) groups excluding carboxylic acids is 1. The van der Waals surface area contributed by atoms with Crippen molar-refractivity contribution in [1.82, 2.24) is 5.43 Å². The van der Waals surface area contributed by atoms with Crippen molar-refractivity contribution in [3.8, 4) is 5.75 Å². The molecule has 1 aliphatic carbocycles. The van der Waals surface area contributed by atoms with Gasteiger partial charge in [-0.15, -0.1) is 0 Å². The molecule has 2 rings (SSSR count). The van der Waals surface area contributed by atoms with Gasteiger partial charge >= 0.3 is 0 Å². The van der Waals surface area contributed by atoms with E-state index in [1.165, 1.54) is 0 Å². The van der Waals surface area contributed by atoms with Crippen molar-refractivity contribution >= 4 is 27.5 Å². The van der Waals surface area contributed by atoms with Crippen molar-refractivity contribution in [2.45, 2.75) is 59.5 Å². The molecule has 0 aliphatic heterocycles. The van der Waals surface area contributed by atoms with Gasteiger partial charge in [0.05, 0.1) is 0 Å². The predicted molar refractivity (Wildman–Crippen MR) is 101 cm³/mol. The second-order valence-corrected chi connectivity index (χ2v) is 8.42. The third-order valence-corrected chi connectivity index (χ3v) is 5.14. The summed E-state index contributed by atoms with van der Waals surface area (Å²) in [7, 11) is 0. The number of benzene rings is 1. The minimum absolute atomic E-state index is 0.219. The quantitative estimate of drug-likeness (QED) is 0.736. The molecular weight excluding hydrogens is 368 g/mol. The molecule has 24 heavy (non-hydrogen) atoms. The second-order valence-electron chi connectivity index (χ2n) is 7.51. The molecule has 0 bridgehead atoms. The fraction of sp³-hybridized carbons (Fsp3) is 0.579. The van der Waals surface area contributed by atoms with Crippen molar-refractivity contribution in [2.75, 3.05) is 0 Å². The smallest absolute Gasteiger partial charge is 0.280 e. The van der Waals surface area contributed by atoms with E-state index >= 15 is 0 Å². The summed E-state index contributed by atoms with van der Waals surface area (Å²) in [5.41, 5.74) is 4.08. The Hall–Kier alpha value is -1.36. The first kappa shape index (κ1) is 19.0. The highest BCUT2D eigenvalue weighted by Gasteiger charge is 2.28. The van der Waals surface area contributed by atoms with E-state index in [4.69, 9.17) is 4.74 Å². The molecule has 5 heteroatoms. The van der Waals surface area contributed by atoms with E-state index in [0.717, 1.165) is 41.8 Å². The van der Waals surface area contributed by atoms with Crippen molar-refractivity contribution in [2.24, 2.45) is 16.4 Å². The Labute approximate surface area is 153 Å². The zero-order chi connectivity index (χ0) is 17.7. The minimum atomic E-state index is -0.582. The zero-order valence-corrected chi connectivity index (χ0v) is 16.5. The summed E-state index contributed by atoms with van der Waals surface area (Å²) in [4.78, 5) is 12.1. The molecule has 1 N–H and O–H groups in total. The summed E-state index contributed by atoms with van der Waals surface area (Å²) < 4.78 is 6.61. The molecule has 1 aliphatic rings. The van der Waals surface area contributed by atoms with Gasteiger partial charge in [0.15, 0.2) is 6.10 Å². The monoisotopic (exact) mass is 394 g/mol. The van der Waals surface area contributed by atoms with E-state index in [2.05, 4.69) is 47.2 Å². The maximum atomic E-state index is 12.1. The highest BCUT2D eigenvalue weighted by Crippen LogP contribution is 2.36. The lowest BCUT2D eigenvalue weighted by Gasteiger charge is -2.34. The van der Waals surface area contributed by atoms with Gasteiger partial charge in [-0.2, -0.15) is 5.10 Å². The zero-order valence-electron chi connectivity index (χ0n) is 14.9. The van der Waals surface area contributed by atoms with E-state index in [1.54, 1.807) is 6.92 Å². The van der Waals surface area contributed by atoms with Gasteiger partial charge in [0.1, 0.15) is 5.75 Å². The molecular formula is C19H27BrN2O2. The molecule has 0 saturated heterocycles. The van der Waals surface area contributed by atoms with Crippen molar-refractivity contribution < 1.29 is 9.53 Å². The molecule has 0 spiro atoms. The lowest BCUT2D eigenvalue weighted by atomic mass is 9.72. The van der Waals surface area contributed by atoms with Crippen LogP contribution in [-0.4, -0.2) is 17.7 Å². The van der Waals surface area contributed by atoms with Crippen molar-refractivity contribution in [1.29, 1.82) is 0 Å². The van der Waals surface area contributed by atoms with Gasteiger partial charge < -0.3 is 4.74 Å². The van der Waals surface area contributed by atoms with Crippen LogP contribution in [0.2, 0.25) is 0 Å². The molecule has 0 heterocycles. The highest BCUT2D eigenvalue weighted by molar-refractivity contribution is 9.10. The summed E-state index contributed by atoms with van der Waals surface area (Å²) in [6.07, 6.45) is 3.63. The van der Waals surface area contributed by atoms with Crippen LogP contribution in [0.4, 0.5) is 0 Å². The number of carbonyl (C=O) groups is 1. The number of ether oxygens (including phenoxy) is 1. The summed E-state index contributed by atoms with van der Waals surface area (Å²) in [5, 5.41) is 4.31. The van der Waals surface area contributed by atoms with Crippen LogP contribution in [0, 0.1) is 11.3 Å². The number of nitrogens with one attached hydrogen (secondary N) is 1. The molecule has 0 aromatic heterocycles. The fourth-order valence-electron chi connectivity index (χ4n) is 2.92. The summed E-state index contributed by atoms with van der Waals surface area (Å²) in [6.45, 7) is 8.61. The lowest BCUT2D eigenvalue weighted by molar-refractivity contribution is -0.127. The number of hydrogen-bond donors (Lipinski definition) is 1. The molecule has 1 aromatic rings. The van der Waals surface area contributed by atoms with Crippen LogP contribution < -0.4 is 10.2 Å². The number of rotatable bonds is 4. The van der Waals surface area contributed by atoms with Gasteiger partial charge in [0.2, 0.25) is 0 Å². The number of hydrogen-bond acceptors (Lipinski definition) is 3. The Balaban J connectivity index is 1.81. The number of halogens is 1. The normalized spacial score (nSPS) is 19.5. The third-order valence-electron chi connectivity index (χ3n) is 4.61. The summed E-state index contributed by atoms with van der Waals surface area (Å²) >= 11 is 3.37. The first-order valence-corrected chi connectivity index (χ1v) is 9.32. The minimum Gasteiger partial charge on any atom is -0.481 e.